The number of nitrogens with zero attached hydrogens (tertiary/aromatic N) is 2. The number of carbonyl (C=O) groups excluding carboxylic acids is 1. The van der Waals surface area contributed by atoms with Crippen molar-refractivity contribution in [3.63, 3.8) is 0 Å². The maximum atomic E-state index is 13.4. The number of nitrogens with two attached hydrogens (primary N) is 1. The Balaban J connectivity index is 2.18. The summed E-state index contributed by atoms with van der Waals surface area (Å²) in [6.07, 6.45) is -4.81. The minimum atomic E-state index is -5.00. The number of allylic oxidation sites excluding steroid dienone is 1. The third-order valence-electron chi connectivity index (χ3n) is 5.60. The van der Waals surface area contributed by atoms with Gasteiger partial charge >= 0.3 is 12.4 Å². The molecule has 4 nitrogen and oxygen atoms in total. The molecule has 0 bridgehead atoms. The number of amides is 1. The van der Waals surface area contributed by atoms with Crippen molar-refractivity contribution in [1.29, 1.82) is 0 Å². The van der Waals surface area contributed by atoms with E-state index in [4.69, 9.17) is 17.3 Å². The molecule has 3 rings (SSSR count). The maximum absolute atomic E-state index is 13.4. The largest absolute Gasteiger partial charge is 0.416 e. The van der Waals surface area contributed by atoms with E-state index in [9.17, 15) is 31.1 Å². The maximum Gasteiger partial charge on any atom is 0.416 e. The fraction of sp³-hybridized carbons (Fsp3) is 0.280. The van der Waals surface area contributed by atoms with Crippen molar-refractivity contribution in [2.24, 2.45) is 16.8 Å². The highest BCUT2D eigenvalue weighted by Crippen LogP contribution is 2.37. The molecule has 0 saturated heterocycles. The molecule has 0 aliphatic carbocycles. The average molecular weight is 530 g/mol. The van der Waals surface area contributed by atoms with E-state index in [-0.39, 0.29) is 29.3 Å². The van der Waals surface area contributed by atoms with E-state index >= 15 is 0 Å². The summed E-state index contributed by atoms with van der Waals surface area (Å²) < 4.78 is 80.4. The fourth-order valence-electron chi connectivity index (χ4n) is 3.72. The van der Waals surface area contributed by atoms with Crippen LogP contribution in [0.1, 0.15) is 48.1 Å². The van der Waals surface area contributed by atoms with Gasteiger partial charge in [0.05, 0.1) is 27.4 Å². The molecular weight excluding hydrogens is 508 g/mol. The van der Waals surface area contributed by atoms with Crippen molar-refractivity contribution in [2.75, 3.05) is 0 Å². The van der Waals surface area contributed by atoms with E-state index in [1.54, 1.807) is 31.2 Å². The number of alkyl halides is 6. The van der Waals surface area contributed by atoms with Gasteiger partial charge in [-0.05, 0) is 42.2 Å². The Morgan fingerprint density at radius 2 is 1.75 bits per heavy atom. The Labute approximate surface area is 208 Å². The van der Waals surface area contributed by atoms with Crippen molar-refractivity contribution in [3.8, 4) is 0 Å². The molecule has 1 unspecified atom stereocenters. The summed E-state index contributed by atoms with van der Waals surface area (Å²) >= 11 is 6.43. The number of primary amides is 1. The molecule has 11 heteroatoms. The molecule has 0 radical (unpaired) electrons. The quantitative estimate of drug-likeness (QED) is 0.334. The van der Waals surface area contributed by atoms with Crippen LogP contribution in [0.3, 0.4) is 0 Å². The highest BCUT2D eigenvalue weighted by molar-refractivity contribution is 6.35. The molecule has 2 N–H and O–H groups in total. The summed E-state index contributed by atoms with van der Waals surface area (Å²) in [5, 5.41) is 5.73. The number of hydrogen-bond acceptors (Lipinski definition) is 3. The van der Waals surface area contributed by atoms with Gasteiger partial charge in [0, 0.05) is 23.9 Å². The molecule has 0 fully saturated rings. The zero-order valence-electron chi connectivity index (χ0n) is 19.2. The Bertz CT molecular complexity index is 1220. The number of rotatable bonds is 5. The number of benzene rings is 2. The lowest BCUT2D eigenvalue weighted by Crippen LogP contribution is -2.19. The normalized spacial score (nSPS) is 17.1. The summed E-state index contributed by atoms with van der Waals surface area (Å²) in [6, 6.07) is 6.38. The Kier molecular flexibility index (Phi) is 7.88. The second-order valence-corrected chi connectivity index (χ2v) is 8.60. The zero-order chi connectivity index (χ0) is 26.8. The third kappa shape index (κ3) is 6.10. The molecule has 192 valence electrons. The van der Waals surface area contributed by atoms with Gasteiger partial charge in [-0.2, -0.15) is 31.4 Å². The molecule has 1 amide bonds. The summed E-state index contributed by atoms with van der Waals surface area (Å²) in [4.78, 5) is 12.3. The van der Waals surface area contributed by atoms with Crippen molar-refractivity contribution in [3.05, 3.63) is 87.7 Å². The predicted molar refractivity (Wildman–Crippen MR) is 126 cm³/mol. The van der Waals surface area contributed by atoms with Crippen molar-refractivity contribution in [2.45, 2.75) is 39.0 Å². The lowest BCUT2D eigenvalue weighted by atomic mass is 9.93. The van der Waals surface area contributed by atoms with Crippen molar-refractivity contribution < 1.29 is 31.1 Å². The van der Waals surface area contributed by atoms with Gasteiger partial charge in [0.25, 0.3) is 5.91 Å². The lowest BCUT2D eigenvalue weighted by molar-refractivity contribution is -0.143. The van der Waals surface area contributed by atoms with Gasteiger partial charge in [-0.25, -0.2) is 5.01 Å². The van der Waals surface area contributed by atoms with Gasteiger partial charge in [0.2, 0.25) is 0 Å². The molecule has 0 aromatic heterocycles. The van der Waals surface area contributed by atoms with E-state index in [2.05, 4.69) is 5.10 Å². The van der Waals surface area contributed by atoms with Gasteiger partial charge in [0.15, 0.2) is 0 Å². The highest BCUT2D eigenvalue weighted by Gasteiger charge is 2.37. The fourth-order valence-corrected chi connectivity index (χ4v) is 4.08. The second-order valence-electron chi connectivity index (χ2n) is 8.22. The lowest BCUT2D eigenvalue weighted by Gasteiger charge is -2.19. The number of halogens is 7. The molecule has 0 spiro atoms. The molecule has 1 aliphatic heterocycles. The van der Waals surface area contributed by atoms with Crippen LogP contribution in [0.5, 0.6) is 0 Å². The van der Waals surface area contributed by atoms with Crippen LogP contribution in [0.25, 0.3) is 5.57 Å². The molecule has 36 heavy (non-hydrogen) atoms. The third-order valence-corrected chi connectivity index (χ3v) is 6.04. The van der Waals surface area contributed by atoms with E-state index in [0.29, 0.717) is 29.1 Å². The van der Waals surface area contributed by atoms with Crippen LogP contribution in [0, 0.1) is 5.92 Å². The average Bonchev–Trinajstić information content (AvgIpc) is 2.97. The first-order chi connectivity index (χ1) is 16.7. The van der Waals surface area contributed by atoms with Crippen molar-refractivity contribution in [1.82, 2.24) is 5.01 Å². The standard InChI is InChI=1S/C25H22ClF6N3O/c1-3-15-7-4-8-19(21(15)26)20(23(33)36)13-35-9-5-6-14(2)22(34-35)16-10-17(24(27,28)29)12-18(11-16)25(30,31)32/h4-5,7-14H,3,6H2,1-2H3,(H2,33,36)/b20-13+. The molecule has 1 heterocycles. The van der Waals surface area contributed by atoms with E-state index in [1.165, 1.54) is 12.4 Å². The summed E-state index contributed by atoms with van der Waals surface area (Å²) in [5.74, 6) is -1.38. The first kappa shape index (κ1) is 27.3. The highest BCUT2D eigenvalue weighted by atomic mass is 35.5. The van der Waals surface area contributed by atoms with Crippen LogP contribution >= 0.6 is 11.6 Å². The first-order valence-electron chi connectivity index (χ1n) is 10.8. The topological polar surface area (TPSA) is 58.7 Å². The number of aryl methyl sites for hydroxylation is 1. The van der Waals surface area contributed by atoms with Gasteiger partial charge in [-0.3, -0.25) is 4.79 Å². The van der Waals surface area contributed by atoms with Gasteiger partial charge < -0.3 is 5.73 Å². The van der Waals surface area contributed by atoms with E-state index < -0.39 is 35.3 Å². The molecule has 1 atom stereocenters. The van der Waals surface area contributed by atoms with Crippen LogP contribution in [0.15, 0.2) is 60.0 Å². The molecule has 1 aliphatic rings. The predicted octanol–water partition coefficient (Wildman–Crippen LogP) is 7.03. The van der Waals surface area contributed by atoms with Crippen LogP contribution in [0.4, 0.5) is 26.3 Å². The minimum Gasteiger partial charge on any atom is -0.366 e. The Morgan fingerprint density at radius 3 is 2.28 bits per heavy atom. The Morgan fingerprint density at radius 1 is 1.14 bits per heavy atom. The van der Waals surface area contributed by atoms with Crippen LogP contribution in [-0.2, 0) is 23.6 Å². The summed E-state index contributed by atoms with van der Waals surface area (Å²) in [6.45, 7) is 3.50. The summed E-state index contributed by atoms with van der Waals surface area (Å²) in [5.41, 5.74) is 3.39. The van der Waals surface area contributed by atoms with Crippen LogP contribution in [0.2, 0.25) is 5.02 Å². The smallest absolute Gasteiger partial charge is 0.366 e. The molecular formula is C25H22ClF6N3O. The van der Waals surface area contributed by atoms with Gasteiger partial charge in [0.1, 0.15) is 0 Å². The van der Waals surface area contributed by atoms with Gasteiger partial charge in [-0.1, -0.05) is 49.7 Å². The van der Waals surface area contributed by atoms with E-state index in [1.807, 2.05) is 6.92 Å². The number of hydrogen-bond donors (Lipinski definition) is 1. The monoisotopic (exact) mass is 529 g/mol. The molecule has 2 aromatic rings. The SMILES string of the molecule is CCc1cccc(/C(=C\N2C=CCC(C)C(c3cc(C(F)(F)F)cc(C(F)(F)F)c3)=N2)C(N)=O)c1Cl. The van der Waals surface area contributed by atoms with E-state index in [0.717, 1.165) is 10.6 Å². The molecule has 2 aromatic carbocycles. The number of hydrazone groups is 1. The minimum absolute atomic E-state index is 0.0231. The summed E-state index contributed by atoms with van der Waals surface area (Å²) in [7, 11) is 0. The number of carbonyl (C=O) groups is 1. The molecule has 0 saturated carbocycles. The second kappa shape index (κ2) is 10.4. The van der Waals surface area contributed by atoms with Crippen molar-refractivity contribution >= 4 is 28.8 Å². The van der Waals surface area contributed by atoms with Crippen LogP contribution in [-0.4, -0.2) is 16.6 Å². The first-order valence-corrected chi connectivity index (χ1v) is 11.2. The Hall–Kier alpha value is -3.27. The van der Waals surface area contributed by atoms with Crippen LogP contribution < -0.4 is 5.73 Å². The van der Waals surface area contributed by atoms with Gasteiger partial charge in [-0.15, -0.1) is 0 Å². The zero-order valence-corrected chi connectivity index (χ0v) is 20.0.